The standard InChI is InChI=1S/C26H39Cl4N4O10PS/c27-9-13-33(14-10-28)45(41,34(15-11-29)16-12-30)44-17-18-46(42,43)19-21(31-22(35)7-4-8-23(36)37)25(38)32-24(26(39)40)20-5-2-1-3-6-20/h1-3,5,21H,4,6-19H2,(H,31,35)(H,32,38)(H,36,37)(H,39,40)/b24-20+/t21-/m0/s1. The van der Waals surface area contributed by atoms with Crippen LogP contribution in [0.15, 0.2) is 35.6 Å². The van der Waals surface area contributed by atoms with Gasteiger partial charge in [0.15, 0.2) is 9.84 Å². The molecule has 0 spiro atoms. The molecule has 0 saturated carbocycles. The number of alkyl halides is 4. The Bertz CT molecular complexity index is 1270. The lowest BCUT2D eigenvalue weighted by Gasteiger charge is -2.37. The number of nitrogens with zero attached hydrogens (tertiary/aromatic N) is 2. The lowest BCUT2D eigenvalue weighted by Crippen LogP contribution is -2.51. The molecule has 1 aliphatic rings. The second kappa shape index (κ2) is 22.0. The highest BCUT2D eigenvalue weighted by molar-refractivity contribution is 7.91. The number of sulfone groups is 1. The Hall–Kier alpha value is -1.68. The van der Waals surface area contributed by atoms with Gasteiger partial charge in [0.2, 0.25) is 11.8 Å². The fourth-order valence-corrected chi connectivity index (χ4v) is 9.19. The summed E-state index contributed by atoms with van der Waals surface area (Å²) in [4.78, 5) is 48.5. The smallest absolute Gasteiger partial charge is 0.352 e. The van der Waals surface area contributed by atoms with Crippen LogP contribution in [0.1, 0.15) is 25.7 Å². The fourth-order valence-electron chi connectivity index (χ4n) is 4.11. The van der Waals surface area contributed by atoms with E-state index in [4.69, 9.17) is 56.0 Å². The number of carbonyl (C=O) groups excluding carboxylic acids is 2. The van der Waals surface area contributed by atoms with E-state index in [9.17, 15) is 37.3 Å². The summed E-state index contributed by atoms with van der Waals surface area (Å²) in [7, 11) is -8.21. The van der Waals surface area contributed by atoms with Crippen LogP contribution in [-0.2, 0) is 38.1 Å². The third kappa shape index (κ3) is 15.0. The number of hydrogen-bond acceptors (Lipinski definition) is 8. The van der Waals surface area contributed by atoms with Crippen LogP contribution in [0.25, 0.3) is 0 Å². The van der Waals surface area contributed by atoms with E-state index in [2.05, 4.69) is 10.6 Å². The Labute approximate surface area is 288 Å². The highest BCUT2D eigenvalue weighted by Crippen LogP contribution is 2.54. The largest absolute Gasteiger partial charge is 0.481 e. The predicted octanol–water partition coefficient (Wildman–Crippen LogP) is 2.80. The molecule has 1 rings (SSSR count). The van der Waals surface area contributed by atoms with Crippen LogP contribution in [0.5, 0.6) is 0 Å². The number of aliphatic carboxylic acids is 2. The molecule has 0 unspecified atom stereocenters. The van der Waals surface area contributed by atoms with Crippen molar-refractivity contribution in [1.29, 1.82) is 0 Å². The maximum Gasteiger partial charge on any atom is 0.352 e. The quantitative estimate of drug-likeness (QED) is 0.0637. The van der Waals surface area contributed by atoms with Gasteiger partial charge in [-0.05, 0) is 18.4 Å². The summed E-state index contributed by atoms with van der Waals surface area (Å²) in [5.41, 5.74) is -0.270. The summed E-state index contributed by atoms with van der Waals surface area (Å²) < 4.78 is 49.2. The minimum atomic E-state index is -4.25. The van der Waals surface area contributed by atoms with Crippen molar-refractivity contribution in [2.45, 2.75) is 31.7 Å². The third-order valence-corrected chi connectivity index (χ3v) is 11.3. The molecule has 0 aromatic carbocycles. The predicted molar refractivity (Wildman–Crippen MR) is 177 cm³/mol. The Kier molecular flexibility index (Phi) is 20.3. The molecule has 0 fully saturated rings. The summed E-state index contributed by atoms with van der Waals surface area (Å²) in [5.74, 6) is -6.08. The lowest BCUT2D eigenvalue weighted by atomic mass is 10.1. The number of carboxylic acids is 2. The molecule has 0 bridgehead atoms. The molecule has 0 aromatic heterocycles. The van der Waals surface area contributed by atoms with Gasteiger partial charge in [-0.15, -0.1) is 46.4 Å². The highest BCUT2D eigenvalue weighted by Gasteiger charge is 2.38. The summed E-state index contributed by atoms with van der Waals surface area (Å²) >= 11 is 23.6. The van der Waals surface area contributed by atoms with Crippen LogP contribution >= 0.6 is 54.1 Å². The summed E-state index contributed by atoms with van der Waals surface area (Å²) in [6.45, 7) is -0.266. The maximum atomic E-state index is 14.2. The van der Waals surface area contributed by atoms with Gasteiger partial charge in [0.1, 0.15) is 11.7 Å². The third-order valence-electron chi connectivity index (χ3n) is 6.27. The first-order valence-electron chi connectivity index (χ1n) is 14.1. The fraction of sp³-hybridized carbons (Fsp3) is 0.615. The van der Waals surface area contributed by atoms with Crippen molar-refractivity contribution in [3.05, 3.63) is 35.6 Å². The molecule has 262 valence electrons. The molecule has 20 heteroatoms. The van der Waals surface area contributed by atoms with E-state index < -0.39 is 71.1 Å². The minimum Gasteiger partial charge on any atom is -0.481 e. The van der Waals surface area contributed by atoms with Crippen molar-refractivity contribution < 1.29 is 46.9 Å². The van der Waals surface area contributed by atoms with Gasteiger partial charge in [-0.2, -0.15) is 0 Å². The molecular weight excluding hydrogens is 733 g/mol. The average Bonchev–Trinajstić information content (AvgIpc) is 2.99. The normalized spacial score (nSPS) is 15.2. The van der Waals surface area contributed by atoms with E-state index in [1.54, 1.807) is 18.2 Å². The molecule has 0 radical (unpaired) electrons. The van der Waals surface area contributed by atoms with Gasteiger partial charge in [-0.1, -0.05) is 24.3 Å². The van der Waals surface area contributed by atoms with Crippen molar-refractivity contribution in [1.82, 2.24) is 20.0 Å². The van der Waals surface area contributed by atoms with Crippen molar-refractivity contribution in [3.8, 4) is 0 Å². The Balaban J connectivity index is 3.25. The minimum absolute atomic E-state index is 0.0572. The van der Waals surface area contributed by atoms with Crippen LogP contribution in [0.4, 0.5) is 0 Å². The first-order chi connectivity index (χ1) is 21.7. The van der Waals surface area contributed by atoms with Crippen molar-refractivity contribution in [3.63, 3.8) is 0 Å². The number of amides is 2. The van der Waals surface area contributed by atoms with E-state index in [1.165, 1.54) is 15.4 Å². The van der Waals surface area contributed by atoms with Gasteiger partial charge in [0, 0.05) is 62.5 Å². The number of carboxylic acid groups (broad SMARTS) is 2. The molecule has 0 aliphatic heterocycles. The summed E-state index contributed by atoms with van der Waals surface area (Å²) in [6.07, 6.45) is 5.75. The first-order valence-corrected chi connectivity index (χ1v) is 19.5. The molecule has 0 aromatic rings. The van der Waals surface area contributed by atoms with Crippen LogP contribution in [0.2, 0.25) is 0 Å². The topological polar surface area (TPSA) is 200 Å². The molecule has 14 nitrogen and oxygen atoms in total. The zero-order chi connectivity index (χ0) is 34.8. The number of nitrogens with one attached hydrogen (secondary N) is 2. The molecule has 1 aliphatic carbocycles. The van der Waals surface area contributed by atoms with Crippen molar-refractivity contribution >= 4 is 87.7 Å². The Morgan fingerprint density at radius 3 is 1.96 bits per heavy atom. The Morgan fingerprint density at radius 2 is 1.50 bits per heavy atom. The van der Waals surface area contributed by atoms with Gasteiger partial charge in [-0.25, -0.2) is 22.6 Å². The second-order valence-corrected chi connectivity index (χ2v) is 15.8. The van der Waals surface area contributed by atoms with E-state index in [1.807, 2.05) is 0 Å². The van der Waals surface area contributed by atoms with Gasteiger partial charge in [0.05, 0.1) is 18.1 Å². The molecule has 46 heavy (non-hydrogen) atoms. The molecule has 4 N–H and O–H groups in total. The molecule has 0 saturated heterocycles. The second-order valence-electron chi connectivity index (χ2n) is 9.65. The van der Waals surface area contributed by atoms with E-state index in [0.29, 0.717) is 0 Å². The van der Waals surface area contributed by atoms with Crippen LogP contribution in [-0.4, -0.2) is 126 Å². The number of rotatable bonds is 24. The monoisotopic (exact) mass is 770 g/mol. The van der Waals surface area contributed by atoms with Crippen molar-refractivity contribution in [2.75, 3.05) is 67.8 Å². The van der Waals surface area contributed by atoms with Gasteiger partial charge < -0.3 is 25.4 Å². The van der Waals surface area contributed by atoms with E-state index >= 15 is 0 Å². The summed E-state index contributed by atoms with van der Waals surface area (Å²) in [5, 5.41) is 23.0. The molecule has 2 amide bonds. The van der Waals surface area contributed by atoms with E-state index in [0.717, 1.165) is 0 Å². The van der Waals surface area contributed by atoms with Crippen LogP contribution in [0.3, 0.4) is 0 Å². The highest BCUT2D eigenvalue weighted by atomic mass is 35.5. The van der Waals surface area contributed by atoms with Gasteiger partial charge in [-0.3, -0.25) is 18.9 Å². The zero-order valence-electron chi connectivity index (χ0n) is 24.9. The van der Waals surface area contributed by atoms with Crippen LogP contribution < -0.4 is 10.6 Å². The zero-order valence-corrected chi connectivity index (χ0v) is 29.7. The number of allylic oxidation sites excluding steroid dienone is 5. The molecule has 1 atom stereocenters. The average molecular weight is 772 g/mol. The van der Waals surface area contributed by atoms with Gasteiger partial charge >= 0.3 is 19.6 Å². The van der Waals surface area contributed by atoms with Crippen LogP contribution in [0, 0.1) is 0 Å². The lowest BCUT2D eigenvalue weighted by molar-refractivity contribution is -0.137. The number of carbonyl (C=O) groups is 4. The Morgan fingerprint density at radius 1 is 0.935 bits per heavy atom. The van der Waals surface area contributed by atoms with E-state index in [-0.39, 0.29) is 81.0 Å². The maximum absolute atomic E-state index is 14.2. The van der Waals surface area contributed by atoms with Gasteiger partial charge in [0.25, 0.3) is 0 Å². The van der Waals surface area contributed by atoms with Crippen molar-refractivity contribution in [2.24, 2.45) is 0 Å². The first kappa shape index (κ1) is 42.3. The molecule has 0 heterocycles. The molecular formula is C26H39Cl4N4O10PS. The summed E-state index contributed by atoms with van der Waals surface area (Å²) in [6, 6.07) is -1.76. The number of hydrogen-bond donors (Lipinski definition) is 4. The SMILES string of the molecule is O=C(O)CCCC(=O)N[C@@H](CS(=O)(=O)CCOP(=O)(N(CCCl)CCCl)N(CCCl)CCCl)C(=O)N/C(C(=O)O)=C1\C=CC=CC1. The number of halogens is 4.